The minimum Gasteiger partial charge on any atom is -0.381 e. The fourth-order valence-corrected chi connectivity index (χ4v) is 3.96. The van der Waals surface area contributed by atoms with E-state index in [-0.39, 0.29) is 11.5 Å². The number of hydrogen-bond donors (Lipinski definition) is 0. The fourth-order valence-electron chi connectivity index (χ4n) is 3.02. The number of anilines is 1. The molecule has 4 rings (SSSR count). The molecule has 1 aliphatic heterocycles. The first-order chi connectivity index (χ1) is 12.5. The molecule has 1 saturated heterocycles. The highest BCUT2D eigenvalue weighted by Crippen LogP contribution is 2.37. The highest BCUT2D eigenvalue weighted by Gasteiger charge is 2.24. The lowest BCUT2D eigenvalue weighted by Gasteiger charge is -2.21. The van der Waals surface area contributed by atoms with Crippen molar-refractivity contribution in [1.29, 1.82) is 0 Å². The Morgan fingerprint density at radius 2 is 1.88 bits per heavy atom. The third-order valence-corrected chi connectivity index (χ3v) is 5.63. The summed E-state index contributed by atoms with van der Waals surface area (Å²) in [6, 6.07) is 3.55. The van der Waals surface area contributed by atoms with Crippen molar-refractivity contribution in [1.82, 2.24) is 15.0 Å². The molecule has 0 unspecified atom stereocenters. The second kappa shape index (κ2) is 6.85. The normalized spacial score (nSPS) is 15.5. The van der Waals surface area contributed by atoms with Gasteiger partial charge in [-0.3, -0.25) is 0 Å². The average molecular weight is 376 g/mol. The van der Waals surface area contributed by atoms with Gasteiger partial charge in [-0.25, -0.2) is 18.7 Å². The van der Waals surface area contributed by atoms with Crippen LogP contribution in [0.3, 0.4) is 0 Å². The summed E-state index contributed by atoms with van der Waals surface area (Å²) in [5.74, 6) is -0.447. The second-order valence-corrected chi connectivity index (χ2v) is 7.46. The summed E-state index contributed by atoms with van der Waals surface area (Å²) in [6.07, 6.45) is 1.64. The van der Waals surface area contributed by atoms with Crippen molar-refractivity contribution in [2.45, 2.75) is 18.8 Å². The number of aromatic nitrogens is 3. The van der Waals surface area contributed by atoms with Crippen molar-refractivity contribution in [3.63, 3.8) is 0 Å². The van der Waals surface area contributed by atoms with Crippen LogP contribution in [0.25, 0.3) is 21.6 Å². The molecule has 1 fully saturated rings. The first-order valence-electron chi connectivity index (χ1n) is 8.42. The number of rotatable bonds is 3. The zero-order chi connectivity index (χ0) is 18.3. The van der Waals surface area contributed by atoms with Gasteiger partial charge in [0.2, 0.25) is 0 Å². The molecule has 0 spiro atoms. The predicted molar refractivity (Wildman–Crippen MR) is 97.7 cm³/mol. The van der Waals surface area contributed by atoms with Crippen LogP contribution in [-0.4, -0.2) is 42.3 Å². The van der Waals surface area contributed by atoms with E-state index in [1.54, 1.807) is 0 Å². The highest BCUT2D eigenvalue weighted by molar-refractivity contribution is 7.22. The molecule has 3 heterocycles. The molecule has 5 nitrogen and oxygen atoms in total. The van der Waals surface area contributed by atoms with Crippen LogP contribution in [0.5, 0.6) is 0 Å². The van der Waals surface area contributed by atoms with Gasteiger partial charge < -0.3 is 9.64 Å². The quantitative estimate of drug-likeness (QED) is 0.692. The van der Waals surface area contributed by atoms with E-state index in [9.17, 15) is 8.78 Å². The topological polar surface area (TPSA) is 51.1 Å². The summed E-state index contributed by atoms with van der Waals surface area (Å²) in [5.41, 5.74) is 1.29. The lowest BCUT2D eigenvalue weighted by molar-refractivity contribution is 0.0836. The molecule has 26 heavy (non-hydrogen) atoms. The monoisotopic (exact) mass is 376 g/mol. The Morgan fingerprint density at radius 3 is 2.58 bits per heavy atom. The summed E-state index contributed by atoms with van der Waals surface area (Å²) in [7, 11) is 3.78. The SMILES string of the molecule is CN(C)c1nc2nc(C3CCOCC3)nc(-c3ccc(F)cc3F)c2s1. The number of benzene rings is 1. The van der Waals surface area contributed by atoms with Crippen molar-refractivity contribution in [3.05, 3.63) is 35.7 Å². The Morgan fingerprint density at radius 1 is 1.12 bits per heavy atom. The molecule has 0 amide bonds. The van der Waals surface area contributed by atoms with Gasteiger partial charge in [0.15, 0.2) is 10.8 Å². The molecule has 0 bridgehead atoms. The Bertz CT molecular complexity index is 954. The lowest BCUT2D eigenvalue weighted by atomic mass is 9.99. The van der Waals surface area contributed by atoms with E-state index in [0.29, 0.717) is 35.1 Å². The Kier molecular flexibility index (Phi) is 4.54. The summed E-state index contributed by atoms with van der Waals surface area (Å²) < 4.78 is 33.9. The third kappa shape index (κ3) is 3.14. The second-order valence-electron chi connectivity index (χ2n) is 6.48. The van der Waals surface area contributed by atoms with Crippen LogP contribution in [0, 0.1) is 11.6 Å². The first-order valence-corrected chi connectivity index (χ1v) is 9.23. The molecule has 136 valence electrons. The maximum Gasteiger partial charge on any atom is 0.187 e. The predicted octanol–water partition coefficient (Wildman–Crippen LogP) is 3.99. The molecule has 1 aliphatic rings. The van der Waals surface area contributed by atoms with Crippen LogP contribution in [0.1, 0.15) is 24.6 Å². The Hall–Kier alpha value is -2.19. The van der Waals surface area contributed by atoms with E-state index in [2.05, 4.69) is 15.0 Å². The van der Waals surface area contributed by atoms with Crippen LogP contribution < -0.4 is 4.90 Å². The van der Waals surface area contributed by atoms with Gasteiger partial charge in [-0.05, 0) is 25.0 Å². The molecule has 0 aliphatic carbocycles. The van der Waals surface area contributed by atoms with Gasteiger partial charge in [0, 0.05) is 44.9 Å². The van der Waals surface area contributed by atoms with Gasteiger partial charge in [0.05, 0.1) is 5.69 Å². The van der Waals surface area contributed by atoms with Gasteiger partial charge in [-0.1, -0.05) is 11.3 Å². The molecule has 0 radical (unpaired) electrons. The fraction of sp³-hybridized carbons (Fsp3) is 0.389. The number of fused-ring (bicyclic) bond motifs is 1. The molecule has 8 heteroatoms. The molecule has 0 saturated carbocycles. The molecule has 0 atom stereocenters. The van der Waals surface area contributed by atoms with Crippen LogP contribution in [0.2, 0.25) is 0 Å². The minimum absolute atomic E-state index is 0.153. The molecular weight excluding hydrogens is 358 g/mol. The molecule has 1 aromatic carbocycles. The van der Waals surface area contributed by atoms with Gasteiger partial charge in [-0.2, -0.15) is 4.98 Å². The largest absolute Gasteiger partial charge is 0.381 e. The zero-order valence-corrected chi connectivity index (χ0v) is 15.3. The maximum absolute atomic E-state index is 14.5. The number of hydrogen-bond acceptors (Lipinski definition) is 6. The van der Waals surface area contributed by atoms with E-state index < -0.39 is 11.6 Å². The average Bonchev–Trinajstić information content (AvgIpc) is 3.06. The van der Waals surface area contributed by atoms with Crippen molar-refractivity contribution >= 4 is 26.8 Å². The van der Waals surface area contributed by atoms with E-state index in [1.165, 1.54) is 23.5 Å². The number of nitrogens with zero attached hydrogens (tertiary/aromatic N) is 4. The Labute approximate surface area is 153 Å². The number of ether oxygens (including phenoxy) is 1. The van der Waals surface area contributed by atoms with Crippen molar-refractivity contribution in [2.75, 3.05) is 32.2 Å². The minimum atomic E-state index is -0.636. The van der Waals surface area contributed by atoms with E-state index in [4.69, 9.17) is 4.74 Å². The zero-order valence-electron chi connectivity index (χ0n) is 14.5. The summed E-state index contributed by atoms with van der Waals surface area (Å²) >= 11 is 1.40. The van der Waals surface area contributed by atoms with Gasteiger partial charge in [-0.15, -0.1) is 0 Å². The summed E-state index contributed by atoms with van der Waals surface area (Å²) in [4.78, 5) is 15.8. The molecule has 2 aromatic heterocycles. The summed E-state index contributed by atoms with van der Waals surface area (Å²) in [5, 5.41) is 0.766. The first kappa shape index (κ1) is 17.2. The van der Waals surface area contributed by atoms with Crippen molar-refractivity contribution in [3.8, 4) is 11.3 Å². The third-order valence-electron chi connectivity index (χ3n) is 4.42. The number of thiazole rings is 1. The van der Waals surface area contributed by atoms with Gasteiger partial charge in [0.1, 0.15) is 22.2 Å². The standard InChI is InChI=1S/C18H18F2N4OS/c1-24(2)18-23-17-15(26-18)14(12-4-3-11(19)9-13(12)20)21-16(22-17)10-5-7-25-8-6-10/h3-4,9-10H,5-8H2,1-2H3. The van der Waals surface area contributed by atoms with Gasteiger partial charge >= 0.3 is 0 Å². The number of halogens is 2. The lowest BCUT2D eigenvalue weighted by Crippen LogP contribution is -2.16. The van der Waals surface area contributed by atoms with Gasteiger partial charge in [0.25, 0.3) is 0 Å². The van der Waals surface area contributed by atoms with Crippen LogP contribution in [-0.2, 0) is 4.74 Å². The van der Waals surface area contributed by atoms with Crippen molar-refractivity contribution in [2.24, 2.45) is 0 Å². The van der Waals surface area contributed by atoms with E-state index in [1.807, 2.05) is 19.0 Å². The molecular formula is C18H18F2N4OS. The molecule has 0 N–H and O–H groups in total. The van der Waals surface area contributed by atoms with E-state index >= 15 is 0 Å². The molecule has 3 aromatic rings. The maximum atomic E-state index is 14.5. The Balaban J connectivity index is 1.92. The van der Waals surface area contributed by atoms with Crippen LogP contribution in [0.15, 0.2) is 18.2 Å². The van der Waals surface area contributed by atoms with Crippen LogP contribution in [0.4, 0.5) is 13.9 Å². The van der Waals surface area contributed by atoms with Crippen molar-refractivity contribution < 1.29 is 13.5 Å². The van der Waals surface area contributed by atoms with E-state index in [0.717, 1.165) is 24.0 Å². The summed E-state index contributed by atoms with van der Waals surface area (Å²) in [6.45, 7) is 1.32. The smallest absolute Gasteiger partial charge is 0.187 e. The highest BCUT2D eigenvalue weighted by atomic mass is 32.1. The van der Waals surface area contributed by atoms with Crippen LogP contribution >= 0.6 is 11.3 Å².